The molecule has 0 radical (unpaired) electrons. The summed E-state index contributed by atoms with van der Waals surface area (Å²) in [7, 11) is 1.23. The second kappa shape index (κ2) is 15.3. The van der Waals surface area contributed by atoms with E-state index in [1.165, 1.54) is 22.8 Å². The minimum Gasteiger partial charge on any atom is -0.481 e. The van der Waals surface area contributed by atoms with Crippen LogP contribution in [0.1, 0.15) is 58.9 Å². The zero-order valence-corrected chi connectivity index (χ0v) is 27.8. The van der Waals surface area contributed by atoms with Gasteiger partial charge in [0.05, 0.1) is 19.0 Å². The Morgan fingerprint density at radius 1 is 0.896 bits per heavy atom. The van der Waals surface area contributed by atoms with Crippen LogP contribution in [0.15, 0.2) is 30.5 Å². The Bertz CT molecular complexity index is 1580. The number of fused-ring (bicyclic) bond motifs is 2. The molecule has 15 heteroatoms. The van der Waals surface area contributed by atoms with E-state index in [2.05, 4.69) is 21.3 Å². The van der Waals surface area contributed by atoms with Gasteiger partial charge in [0.2, 0.25) is 29.5 Å². The molecule has 48 heavy (non-hydrogen) atoms. The number of methoxy groups -OCH3 is 1. The van der Waals surface area contributed by atoms with Crippen LogP contribution < -0.4 is 21.3 Å². The highest BCUT2D eigenvalue weighted by Crippen LogP contribution is 2.24. The summed E-state index contributed by atoms with van der Waals surface area (Å²) in [6.45, 7) is 7.34. The lowest BCUT2D eigenvalue weighted by Crippen LogP contribution is -2.59. The maximum atomic E-state index is 14.0. The maximum absolute atomic E-state index is 14.0. The highest BCUT2D eigenvalue weighted by Gasteiger charge is 2.41. The van der Waals surface area contributed by atoms with Gasteiger partial charge in [-0.1, -0.05) is 45.9 Å². The molecule has 5 amide bonds. The number of aromatic nitrogens is 1. The van der Waals surface area contributed by atoms with Crippen molar-refractivity contribution < 1.29 is 43.4 Å². The third-order valence-corrected chi connectivity index (χ3v) is 8.64. The van der Waals surface area contributed by atoms with E-state index in [0.29, 0.717) is 22.9 Å². The fourth-order valence-electron chi connectivity index (χ4n) is 6.26. The Balaban J connectivity index is 1.81. The van der Waals surface area contributed by atoms with E-state index < -0.39 is 78.2 Å². The minimum atomic E-state index is -1.56. The molecule has 2 fully saturated rings. The zero-order chi connectivity index (χ0) is 35.3. The van der Waals surface area contributed by atoms with Gasteiger partial charge in [-0.2, -0.15) is 0 Å². The highest BCUT2D eigenvalue weighted by molar-refractivity contribution is 5.99. The lowest BCUT2D eigenvalue weighted by atomic mass is 9.98. The van der Waals surface area contributed by atoms with Crippen molar-refractivity contribution in [3.63, 3.8) is 0 Å². The lowest BCUT2D eigenvalue weighted by Gasteiger charge is -2.30. The fraction of sp³-hybridized carbons (Fsp3) is 0.545. The molecule has 15 nitrogen and oxygen atoms in total. The Kier molecular flexibility index (Phi) is 11.4. The Morgan fingerprint density at radius 2 is 1.54 bits per heavy atom. The van der Waals surface area contributed by atoms with Crippen LogP contribution in [0.25, 0.3) is 10.9 Å². The first-order valence-electron chi connectivity index (χ1n) is 16.1. The molecule has 2 aliphatic rings. The number of hydrogen-bond donors (Lipinski definition) is 5. The summed E-state index contributed by atoms with van der Waals surface area (Å²) in [5.74, 6) is -5.33. The fourth-order valence-corrected chi connectivity index (χ4v) is 6.26. The Hall–Kier alpha value is -4.95. The molecule has 1 aromatic heterocycles. The van der Waals surface area contributed by atoms with Gasteiger partial charge in [-0.15, -0.1) is 0 Å². The van der Waals surface area contributed by atoms with Gasteiger partial charge < -0.3 is 36.0 Å². The number of aliphatic carboxylic acids is 1. The molecule has 0 saturated carbocycles. The van der Waals surface area contributed by atoms with Gasteiger partial charge in [-0.25, -0.2) is 4.79 Å². The van der Waals surface area contributed by atoms with Gasteiger partial charge >= 0.3 is 12.1 Å². The number of benzene rings is 1. The van der Waals surface area contributed by atoms with E-state index in [-0.39, 0.29) is 37.6 Å². The molecule has 5 atom stereocenters. The van der Waals surface area contributed by atoms with Crippen molar-refractivity contribution in [1.82, 2.24) is 30.7 Å². The van der Waals surface area contributed by atoms with E-state index in [4.69, 9.17) is 4.74 Å². The van der Waals surface area contributed by atoms with E-state index >= 15 is 0 Å². The summed E-state index contributed by atoms with van der Waals surface area (Å²) in [5.41, 5.74) is 0.971. The molecule has 2 aromatic rings. The summed E-state index contributed by atoms with van der Waals surface area (Å²) in [5, 5.41) is 21.0. The molecule has 0 unspecified atom stereocenters. The number of nitrogens with zero attached hydrogens (tertiary/aromatic N) is 2. The molecule has 0 bridgehead atoms. The number of hydrogen-bond acceptors (Lipinski definition) is 8. The van der Waals surface area contributed by atoms with E-state index in [1.54, 1.807) is 38.1 Å². The van der Waals surface area contributed by atoms with Crippen molar-refractivity contribution in [2.45, 2.75) is 90.0 Å². The van der Waals surface area contributed by atoms with Crippen LogP contribution >= 0.6 is 0 Å². The molecule has 1 aromatic carbocycles. The number of para-hydroxylation sites is 1. The smallest absolute Gasteiger partial charge is 0.418 e. The van der Waals surface area contributed by atoms with Gasteiger partial charge in [0.15, 0.2) is 0 Å². The summed E-state index contributed by atoms with van der Waals surface area (Å²) in [6, 6.07) is 0.820. The summed E-state index contributed by atoms with van der Waals surface area (Å²) >= 11 is 0. The predicted molar refractivity (Wildman–Crippen MR) is 172 cm³/mol. The second-order valence-corrected chi connectivity index (χ2v) is 13.0. The molecule has 2 saturated heterocycles. The third kappa shape index (κ3) is 8.12. The van der Waals surface area contributed by atoms with Gasteiger partial charge in [0.25, 0.3) is 0 Å². The van der Waals surface area contributed by atoms with E-state index in [9.17, 15) is 38.7 Å². The van der Waals surface area contributed by atoms with Gasteiger partial charge in [-0.3, -0.25) is 33.3 Å². The number of carbonyl (C=O) groups excluding carboxylic acids is 6. The topological polar surface area (TPSA) is 205 Å². The van der Waals surface area contributed by atoms with Crippen LogP contribution in [0, 0.1) is 11.8 Å². The molecule has 2 aliphatic heterocycles. The minimum absolute atomic E-state index is 0.0647. The maximum Gasteiger partial charge on any atom is 0.418 e. The Morgan fingerprint density at radius 3 is 2.19 bits per heavy atom. The molecular weight excluding hydrogens is 624 g/mol. The first-order chi connectivity index (χ1) is 22.7. The van der Waals surface area contributed by atoms with Crippen molar-refractivity contribution in [1.29, 1.82) is 0 Å². The predicted octanol–water partition coefficient (Wildman–Crippen LogP) is 0.919. The molecule has 0 spiro atoms. The van der Waals surface area contributed by atoms with Crippen molar-refractivity contribution in [3.05, 3.63) is 36.0 Å². The number of carbonyl (C=O) groups is 7. The number of rotatable bonds is 7. The van der Waals surface area contributed by atoms with Crippen molar-refractivity contribution in [3.8, 4) is 0 Å². The number of ether oxygens (including phenoxy) is 1. The second-order valence-electron chi connectivity index (χ2n) is 13.0. The normalized spacial score (nSPS) is 24.4. The van der Waals surface area contributed by atoms with Crippen molar-refractivity contribution in [2.75, 3.05) is 13.7 Å². The highest BCUT2D eigenvalue weighted by atomic mass is 16.5. The average molecular weight is 669 g/mol. The largest absolute Gasteiger partial charge is 0.481 e. The summed E-state index contributed by atoms with van der Waals surface area (Å²) in [6.07, 6.45) is 0.793. The zero-order valence-electron chi connectivity index (χ0n) is 27.8. The van der Waals surface area contributed by atoms with Crippen LogP contribution in [-0.4, -0.2) is 100 Å². The molecule has 0 aliphatic carbocycles. The van der Waals surface area contributed by atoms with Gasteiger partial charge in [-0.05, 0) is 42.7 Å². The number of amides is 5. The summed E-state index contributed by atoms with van der Waals surface area (Å²) < 4.78 is 6.17. The van der Waals surface area contributed by atoms with E-state index in [0.717, 1.165) is 0 Å². The lowest BCUT2D eigenvalue weighted by molar-refractivity contribution is -0.146. The van der Waals surface area contributed by atoms with Gasteiger partial charge in [0.1, 0.15) is 30.2 Å². The monoisotopic (exact) mass is 668 g/mol. The summed E-state index contributed by atoms with van der Waals surface area (Å²) in [4.78, 5) is 94.5. The van der Waals surface area contributed by atoms with Crippen LogP contribution in [0.3, 0.4) is 0 Å². The first kappa shape index (κ1) is 35.9. The Labute approximate surface area is 278 Å². The molecular formula is C33H44N6O9. The van der Waals surface area contributed by atoms with Crippen LogP contribution in [0.2, 0.25) is 0 Å². The average Bonchev–Trinajstić information content (AvgIpc) is 3.66. The molecule has 3 heterocycles. The molecule has 260 valence electrons. The van der Waals surface area contributed by atoms with Crippen molar-refractivity contribution >= 4 is 52.5 Å². The quantitative estimate of drug-likeness (QED) is 0.284. The molecule has 5 N–H and O–H groups in total. The van der Waals surface area contributed by atoms with E-state index in [1.807, 2.05) is 13.8 Å². The number of carboxylic acids is 1. The number of nitrogens with one attached hydrogen (secondary N) is 4. The van der Waals surface area contributed by atoms with Crippen molar-refractivity contribution in [2.24, 2.45) is 11.8 Å². The SMILES string of the molecule is COC(=O)n1cc(C[C@@H]2NC(=O)[C@@H](CC(C)C)NC(=O)[C@H](C(C)C)NC(=O)[C@H]3CCCN3C(=O)[C@H](CC(=O)O)NC2=O)c2ccccc21. The first-order valence-corrected chi connectivity index (χ1v) is 16.1. The van der Waals surface area contributed by atoms with Crippen LogP contribution in [0.5, 0.6) is 0 Å². The van der Waals surface area contributed by atoms with Gasteiger partial charge in [0, 0.05) is 24.5 Å². The number of carboxylic acid groups (broad SMARTS) is 1. The standard InChI is InChI=1S/C33H44N6O9/c1-17(2)13-21-28(42)34-22(14-19-16-39(33(47)48-5)24-10-7-6-9-20(19)24)29(43)36-23(15-26(40)41)32(46)38-12-8-11-25(38)30(44)37-27(18(3)4)31(45)35-21/h6-7,9-10,16-18,21-23,25,27H,8,11-15H2,1-5H3,(H,34,42)(H,35,45)(H,36,43)(H,37,44)(H,40,41)/t21-,22+,23+,25-,27+/m1/s1. The molecule has 4 rings (SSSR count). The van der Waals surface area contributed by atoms with Crippen LogP contribution in [0.4, 0.5) is 4.79 Å². The third-order valence-electron chi connectivity index (χ3n) is 8.64. The van der Waals surface area contributed by atoms with Crippen LogP contribution in [-0.2, 0) is 39.9 Å².